The van der Waals surface area contributed by atoms with Gasteiger partial charge in [-0.15, -0.1) is 0 Å². The monoisotopic (exact) mass is 249 g/mol. The number of hydrogen-bond donors (Lipinski definition) is 2. The van der Waals surface area contributed by atoms with E-state index < -0.39 is 0 Å². The Morgan fingerprint density at radius 1 is 1.44 bits per heavy atom. The maximum atomic E-state index is 11.5. The predicted octanol–water partition coefficient (Wildman–Crippen LogP) is 2.11. The number of rotatable bonds is 5. The van der Waals surface area contributed by atoms with Gasteiger partial charge in [0.05, 0.1) is 11.4 Å². The van der Waals surface area contributed by atoms with Gasteiger partial charge >= 0.3 is 0 Å². The van der Waals surface area contributed by atoms with Crippen LogP contribution in [0.3, 0.4) is 0 Å². The quantitative estimate of drug-likeness (QED) is 0.786. The van der Waals surface area contributed by atoms with E-state index in [0.717, 1.165) is 18.8 Å². The third-order valence-corrected chi connectivity index (χ3v) is 2.82. The first-order valence-electron chi connectivity index (χ1n) is 6.36. The van der Waals surface area contributed by atoms with Crippen LogP contribution >= 0.6 is 0 Å². The topological polar surface area (TPSA) is 58.4 Å². The number of hydrogen-bond acceptors (Lipinski definition) is 3. The molecule has 0 aliphatic rings. The summed E-state index contributed by atoms with van der Waals surface area (Å²) >= 11 is 0. The number of carbonyl (C=O) groups is 1. The molecule has 0 fully saturated rings. The molecule has 1 aromatic carbocycles. The molecule has 0 heterocycles. The van der Waals surface area contributed by atoms with Crippen LogP contribution in [0.4, 0.5) is 11.4 Å². The maximum Gasteiger partial charge on any atom is 0.251 e. The minimum Gasteiger partial charge on any atom is -0.397 e. The highest BCUT2D eigenvalue weighted by molar-refractivity contribution is 5.96. The van der Waals surface area contributed by atoms with Crippen LogP contribution < -0.4 is 16.0 Å². The lowest BCUT2D eigenvalue weighted by atomic mass is 10.1. The van der Waals surface area contributed by atoms with Crippen molar-refractivity contribution in [2.45, 2.75) is 20.8 Å². The lowest BCUT2D eigenvalue weighted by molar-refractivity contribution is 0.0963. The van der Waals surface area contributed by atoms with Gasteiger partial charge in [0.1, 0.15) is 0 Å². The first kappa shape index (κ1) is 14.4. The molecular formula is C14H23N3O. The predicted molar refractivity (Wildman–Crippen MR) is 77.0 cm³/mol. The van der Waals surface area contributed by atoms with Gasteiger partial charge in [0.25, 0.3) is 5.91 Å². The second-order valence-corrected chi connectivity index (χ2v) is 4.79. The summed E-state index contributed by atoms with van der Waals surface area (Å²) in [6.07, 6.45) is 0. The number of carbonyl (C=O) groups excluding carboxylic acids is 1. The van der Waals surface area contributed by atoms with Crippen molar-refractivity contribution in [3.05, 3.63) is 23.8 Å². The molecule has 1 amide bonds. The van der Waals surface area contributed by atoms with E-state index >= 15 is 0 Å². The number of nitrogens with two attached hydrogens (primary N) is 1. The zero-order valence-corrected chi connectivity index (χ0v) is 11.7. The van der Waals surface area contributed by atoms with Gasteiger partial charge in [-0.2, -0.15) is 0 Å². The van der Waals surface area contributed by atoms with E-state index in [2.05, 4.69) is 31.0 Å². The Labute approximate surface area is 109 Å². The average Bonchev–Trinajstić information content (AvgIpc) is 2.35. The summed E-state index contributed by atoms with van der Waals surface area (Å²) in [6.45, 7) is 8.33. The second kappa shape index (κ2) is 6.28. The van der Waals surface area contributed by atoms with E-state index in [1.165, 1.54) is 0 Å². The number of benzene rings is 1. The van der Waals surface area contributed by atoms with Crippen molar-refractivity contribution in [2.75, 3.05) is 30.8 Å². The third-order valence-electron chi connectivity index (χ3n) is 2.82. The SMILES string of the molecule is CCN(CC(C)C)c1ccc(C(=O)NC)cc1N. The third kappa shape index (κ3) is 3.39. The van der Waals surface area contributed by atoms with Crippen LogP contribution in [-0.2, 0) is 0 Å². The zero-order valence-electron chi connectivity index (χ0n) is 11.7. The molecule has 0 saturated carbocycles. The normalized spacial score (nSPS) is 10.5. The van der Waals surface area contributed by atoms with E-state index in [4.69, 9.17) is 5.73 Å². The highest BCUT2D eigenvalue weighted by Gasteiger charge is 2.12. The molecule has 4 nitrogen and oxygen atoms in total. The molecule has 1 rings (SSSR count). The summed E-state index contributed by atoms with van der Waals surface area (Å²) in [4.78, 5) is 13.7. The van der Waals surface area contributed by atoms with Crippen LogP contribution in [0.1, 0.15) is 31.1 Å². The molecular weight excluding hydrogens is 226 g/mol. The Balaban J connectivity index is 2.99. The Morgan fingerprint density at radius 2 is 2.11 bits per heavy atom. The van der Waals surface area contributed by atoms with Gasteiger partial charge < -0.3 is 16.0 Å². The molecule has 0 aliphatic heterocycles. The van der Waals surface area contributed by atoms with Gasteiger partial charge in [-0.05, 0) is 31.0 Å². The molecule has 0 bridgehead atoms. The Morgan fingerprint density at radius 3 is 2.56 bits per heavy atom. The lowest BCUT2D eigenvalue weighted by Crippen LogP contribution is -2.28. The van der Waals surface area contributed by atoms with Gasteiger partial charge in [-0.3, -0.25) is 4.79 Å². The van der Waals surface area contributed by atoms with Gasteiger partial charge in [-0.1, -0.05) is 13.8 Å². The summed E-state index contributed by atoms with van der Waals surface area (Å²) < 4.78 is 0. The zero-order chi connectivity index (χ0) is 13.7. The van der Waals surface area contributed by atoms with Crippen LogP contribution in [0.2, 0.25) is 0 Å². The highest BCUT2D eigenvalue weighted by Crippen LogP contribution is 2.25. The Bertz CT molecular complexity index is 416. The van der Waals surface area contributed by atoms with Crippen LogP contribution in [0, 0.1) is 5.92 Å². The summed E-state index contributed by atoms with van der Waals surface area (Å²) in [5.74, 6) is 0.461. The fourth-order valence-electron chi connectivity index (χ4n) is 1.97. The van der Waals surface area contributed by atoms with Gasteiger partial charge in [0.15, 0.2) is 0 Å². The second-order valence-electron chi connectivity index (χ2n) is 4.79. The van der Waals surface area contributed by atoms with Gasteiger partial charge in [0.2, 0.25) is 0 Å². The lowest BCUT2D eigenvalue weighted by Gasteiger charge is -2.26. The summed E-state index contributed by atoms with van der Waals surface area (Å²) in [5.41, 5.74) is 8.29. The van der Waals surface area contributed by atoms with Crippen LogP contribution in [-0.4, -0.2) is 26.0 Å². The molecule has 1 aromatic rings. The van der Waals surface area contributed by atoms with Crippen molar-refractivity contribution in [2.24, 2.45) is 5.92 Å². The molecule has 0 radical (unpaired) electrons. The van der Waals surface area contributed by atoms with Gasteiger partial charge in [0, 0.05) is 25.7 Å². The van der Waals surface area contributed by atoms with Crippen molar-refractivity contribution < 1.29 is 4.79 Å². The van der Waals surface area contributed by atoms with E-state index in [-0.39, 0.29) is 5.91 Å². The van der Waals surface area contributed by atoms with E-state index in [0.29, 0.717) is 17.2 Å². The van der Waals surface area contributed by atoms with E-state index in [1.807, 2.05) is 12.1 Å². The smallest absolute Gasteiger partial charge is 0.251 e. The summed E-state index contributed by atoms with van der Waals surface area (Å²) in [5, 5.41) is 2.60. The van der Waals surface area contributed by atoms with Crippen molar-refractivity contribution in [3.63, 3.8) is 0 Å². The molecule has 0 aliphatic carbocycles. The molecule has 18 heavy (non-hydrogen) atoms. The fourth-order valence-corrected chi connectivity index (χ4v) is 1.97. The molecule has 0 atom stereocenters. The standard InChI is InChI=1S/C14H23N3O/c1-5-17(9-10(2)3)13-7-6-11(8-12(13)15)14(18)16-4/h6-8,10H,5,9,15H2,1-4H3,(H,16,18). The Hall–Kier alpha value is -1.71. The van der Waals surface area contributed by atoms with Crippen molar-refractivity contribution in [3.8, 4) is 0 Å². The minimum atomic E-state index is -0.111. The number of amides is 1. The average molecular weight is 249 g/mol. The van der Waals surface area contributed by atoms with E-state index in [9.17, 15) is 4.79 Å². The molecule has 0 saturated heterocycles. The number of anilines is 2. The molecule has 0 aromatic heterocycles. The molecule has 0 spiro atoms. The number of nitrogens with one attached hydrogen (secondary N) is 1. The van der Waals surface area contributed by atoms with Crippen LogP contribution in [0.15, 0.2) is 18.2 Å². The maximum absolute atomic E-state index is 11.5. The largest absolute Gasteiger partial charge is 0.397 e. The first-order chi connectivity index (χ1) is 8.49. The van der Waals surface area contributed by atoms with Crippen molar-refractivity contribution in [1.29, 1.82) is 0 Å². The highest BCUT2D eigenvalue weighted by atomic mass is 16.1. The van der Waals surface area contributed by atoms with Crippen molar-refractivity contribution in [1.82, 2.24) is 5.32 Å². The van der Waals surface area contributed by atoms with Crippen LogP contribution in [0.25, 0.3) is 0 Å². The molecule has 0 unspecified atom stereocenters. The Kier molecular flexibility index (Phi) is 5.01. The van der Waals surface area contributed by atoms with Crippen LogP contribution in [0.5, 0.6) is 0 Å². The van der Waals surface area contributed by atoms with Crippen molar-refractivity contribution >= 4 is 17.3 Å². The molecule has 4 heteroatoms. The van der Waals surface area contributed by atoms with E-state index in [1.54, 1.807) is 13.1 Å². The number of nitrogen functional groups attached to an aromatic ring is 1. The first-order valence-corrected chi connectivity index (χ1v) is 6.36. The van der Waals surface area contributed by atoms with Gasteiger partial charge in [-0.25, -0.2) is 0 Å². The molecule has 100 valence electrons. The summed E-state index contributed by atoms with van der Waals surface area (Å²) in [6, 6.07) is 5.47. The minimum absolute atomic E-state index is 0.111. The number of nitrogens with zero attached hydrogens (tertiary/aromatic N) is 1. The molecule has 3 N–H and O–H groups in total. The fraction of sp³-hybridized carbons (Fsp3) is 0.500. The summed E-state index contributed by atoms with van der Waals surface area (Å²) in [7, 11) is 1.61.